The first kappa shape index (κ1) is 13.5. The number of rotatable bonds is 5. The van der Waals surface area contributed by atoms with Crippen LogP contribution >= 0.6 is 11.8 Å². The van der Waals surface area contributed by atoms with Crippen molar-refractivity contribution in [1.29, 1.82) is 0 Å². The van der Waals surface area contributed by atoms with Gasteiger partial charge in [-0.3, -0.25) is 0 Å². The van der Waals surface area contributed by atoms with Gasteiger partial charge in [-0.05, 0) is 37.7 Å². The van der Waals surface area contributed by atoms with Crippen LogP contribution in [0.3, 0.4) is 0 Å². The second-order valence-corrected chi connectivity index (χ2v) is 5.88. The van der Waals surface area contributed by atoms with Gasteiger partial charge in [0.1, 0.15) is 18.0 Å². The first-order chi connectivity index (χ1) is 8.81. The Morgan fingerprint density at radius 2 is 2.00 bits per heavy atom. The van der Waals surface area contributed by atoms with Crippen molar-refractivity contribution in [1.82, 2.24) is 9.97 Å². The minimum absolute atomic E-state index is 0.568. The van der Waals surface area contributed by atoms with Crippen molar-refractivity contribution >= 4 is 23.4 Å². The van der Waals surface area contributed by atoms with Gasteiger partial charge < -0.3 is 10.6 Å². The van der Waals surface area contributed by atoms with Crippen molar-refractivity contribution in [2.45, 2.75) is 39.2 Å². The van der Waals surface area contributed by atoms with Crippen LogP contribution in [0.15, 0.2) is 6.33 Å². The van der Waals surface area contributed by atoms with Crippen molar-refractivity contribution in [3.8, 4) is 0 Å². The standard InChI is InChI=1S/C13H22N4S/c1-3-6-14-12-10(2)13(16-9-15-12)17-11-4-7-18-8-5-11/h9,11H,3-8H2,1-2H3,(H2,14,15,16,17). The molecule has 0 unspecified atom stereocenters. The van der Waals surface area contributed by atoms with Crippen LogP contribution in [-0.2, 0) is 0 Å². The monoisotopic (exact) mass is 266 g/mol. The zero-order valence-electron chi connectivity index (χ0n) is 11.2. The Morgan fingerprint density at radius 1 is 1.28 bits per heavy atom. The largest absolute Gasteiger partial charge is 0.370 e. The fraction of sp³-hybridized carbons (Fsp3) is 0.692. The van der Waals surface area contributed by atoms with E-state index < -0.39 is 0 Å². The minimum atomic E-state index is 0.568. The third-order valence-corrected chi connectivity index (χ3v) is 4.24. The summed E-state index contributed by atoms with van der Waals surface area (Å²) in [6.07, 6.45) is 5.20. The van der Waals surface area contributed by atoms with Gasteiger partial charge >= 0.3 is 0 Å². The molecule has 2 heterocycles. The van der Waals surface area contributed by atoms with Gasteiger partial charge in [-0.1, -0.05) is 6.92 Å². The van der Waals surface area contributed by atoms with Crippen molar-refractivity contribution in [3.63, 3.8) is 0 Å². The summed E-state index contributed by atoms with van der Waals surface area (Å²) in [6.45, 7) is 5.19. The zero-order chi connectivity index (χ0) is 12.8. The molecule has 0 amide bonds. The Kier molecular flexibility index (Phi) is 5.11. The fourth-order valence-corrected chi connectivity index (χ4v) is 3.16. The molecule has 4 nitrogen and oxygen atoms in total. The molecular weight excluding hydrogens is 244 g/mol. The number of hydrogen-bond acceptors (Lipinski definition) is 5. The van der Waals surface area contributed by atoms with E-state index in [1.54, 1.807) is 6.33 Å². The summed E-state index contributed by atoms with van der Waals surface area (Å²) in [5.74, 6) is 4.45. The Hall–Kier alpha value is -0.970. The maximum atomic E-state index is 4.37. The average Bonchev–Trinajstić information content (AvgIpc) is 2.41. The van der Waals surface area contributed by atoms with Crippen LogP contribution in [0, 0.1) is 6.92 Å². The van der Waals surface area contributed by atoms with Crippen LogP contribution in [0.25, 0.3) is 0 Å². The lowest BCUT2D eigenvalue weighted by Gasteiger charge is -2.24. The van der Waals surface area contributed by atoms with Gasteiger partial charge in [0.05, 0.1) is 0 Å². The normalized spacial score (nSPS) is 16.6. The predicted molar refractivity (Wildman–Crippen MR) is 79.5 cm³/mol. The summed E-state index contributed by atoms with van der Waals surface area (Å²) >= 11 is 2.04. The number of nitrogens with zero attached hydrogens (tertiary/aromatic N) is 2. The second-order valence-electron chi connectivity index (χ2n) is 4.65. The van der Waals surface area contributed by atoms with Crippen molar-refractivity contribution in [2.24, 2.45) is 0 Å². The van der Waals surface area contributed by atoms with Crippen LogP contribution in [0.1, 0.15) is 31.7 Å². The molecule has 100 valence electrons. The molecule has 0 atom stereocenters. The number of aromatic nitrogens is 2. The molecule has 0 aromatic carbocycles. The molecule has 1 aromatic rings. The molecule has 0 saturated carbocycles. The third kappa shape index (κ3) is 3.51. The Morgan fingerprint density at radius 3 is 2.72 bits per heavy atom. The molecule has 1 fully saturated rings. The fourth-order valence-electron chi connectivity index (χ4n) is 2.05. The van der Waals surface area contributed by atoms with E-state index in [2.05, 4.69) is 34.4 Å². The Labute approximate surface area is 113 Å². The topological polar surface area (TPSA) is 49.8 Å². The summed E-state index contributed by atoms with van der Waals surface area (Å²) in [7, 11) is 0. The molecule has 0 aliphatic carbocycles. The summed E-state index contributed by atoms with van der Waals surface area (Å²) < 4.78 is 0. The van der Waals surface area contributed by atoms with Gasteiger partial charge in [-0.15, -0.1) is 0 Å². The summed E-state index contributed by atoms with van der Waals surface area (Å²) in [5, 5.41) is 6.91. The molecule has 18 heavy (non-hydrogen) atoms. The average molecular weight is 266 g/mol. The molecule has 0 bridgehead atoms. The SMILES string of the molecule is CCCNc1ncnc(NC2CCSCC2)c1C. The second kappa shape index (κ2) is 6.83. The van der Waals surface area contributed by atoms with Gasteiger partial charge in [-0.25, -0.2) is 9.97 Å². The molecule has 1 aliphatic rings. The highest BCUT2D eigenvalue weighted by molar-refractivity contribution is 7.99. The first-order valence-electron chi connectivity index (χ1n) is 6.71. The molecule has 0 radical (unpaired) electrons. The van der Waals surface area contributed by atoms with E-state index >= 15 is 0 Å². The van der Waals surface area contributed by atoms with Gasteiger partial charge in [0.25, 0.3) is 0 Å². The highest BCUT2D eigenvalue weighted by Crippen LogP contribution is 2.23. The molecule has 1 aliphatic heterocycles. The molecule has 1 saturated heterocycles. The van der Waals surface area contributed by atoms with Crippen molar-refractivity contribution < 1.29 is 0 Å². The molecule has 0 spiro atoms. The number of anilines is 2. The van der Waals surface area contributed by atoms with E-state index in [-0.39, 0.29) is 0 Å². The molecular formula is C13H22N4S. The summed E-state index contributed by atoms with van der Waals surface area (Å²) in [6, 6.07) is 0.568. The summed E-state index contributed by atoms with van der Waals surface area (Å²) in [5.41, 5.74) is 1.13. The van der Waals surface area contributed by atoms with E-state index in [4.69, 9.17) is 0 Å². The van der Waals surface area contributed by atoms with Crippen LogP contribution in [-0.4, -0.2) is 34.1 Å². The van der Waals surface area contributed by atoms with E-state index in [0.717, 1.165) is 30.2 Å². The highest BCUT2D eigenvalue weighted by atomic mass is 32.2. The van der Waals surface area contributed by atoms with E-state index in [0.29, 0.717) is 6.04 Å². The maximum Gasteiger partial charge on any atom is 0.134 e. The lowest BCUT2D eigenvalue weighted by Crippen LogP contribution is -2.25. The number of thioether (sulfide) groups is 1. The Balaban J connectivity index is 2.02. The molecule has 2 N–H and O–H groups in total. The minimum Gasteiger partial charge on any atom is -0.370 e. The maximum absolute atomic E-state index is 4.37. The van der Waals surface area contributed by atoms with Gasteiger partial charge in [-0.2, -0.15) is 11.8 Å². The van der Waals surface area contributed by atoms with Crippen LogP contribution in [0.5, 0.6) is 0 Å². The van der Waals surface area contributed by atoms with Crippen molar-refractivity contribution in [2.75, 3.05) is 28.7 Å². The number of nitrogens with one attached hydrogen (secondary N) is 2. The molecule has 1 aromatic heterocycles. The Bertz CT molecular complexity index is 377. The van der Waals surface area contributed by atoms with Gasteiger partial charge in [0.15, 0.2) is 0 Å². The lowest BCUT2D eigenvalue weighted by molar-refractivity contribution is 0.662. The van der Waals surface area contributed by atoms with Crippen LogP contribution in [0.4, 0.5) is 11.6 Å². The van der Waals surface area contributed by atoms with E-state index in [1.165, 1.54) is 24.3 Å². The van der Waals surface area contributed by atoms with Gasteiger partial charge in [0.2, 0.25) is 0 Å². The smallest absolute Gasteiger partial charge is 0.134 e. The molecule has 2 rings (SSSR count). The number of hydrogen-bond donors (Lipinski definition) is 2. The van der Waals surface area contributed by atoms with Gasteiger partial charge in [0, 0.05) is 18.2 Å². The first-order valence-corrected chi connectivity index (χ1v) is 7.86. The quantitative estimate of drug-likeness (QED) is 0.858. The van der Waals surface area contributed by atoms with Crippen LogP contribution in [0.2, 0.25) is 0 Å². The lowest BCUT2D eigenvalue weighted by atomic mass is 10.1. The van der Waals surface area contributed by atoms with E-state index in [9.17, 15) is 0 Å². The predicted octanol–water partition coefficient (Wildman–Crippen LogP) is 2.91. The highest BCUT2D eigenvalue weighted by Gasteiger charge is 2.15. The third-order valence-electron chi connectivity index (χ3n) is 3.19. The van der Waals surface area contributed by atoms with Crippen molar-refractivity contribution in [3.05, 3.63) is 11.9 Å². The van der Waals surface area contributed by atoms with E-state index in [1.807, 2.05) is 11.8 Å². The zero-order valence-corrected chi connectivity index (χ0v) is 12.0. The summed E-state index contributed by atoms with van der Waals surface area (Å²) in [4.78, 5) is 8.68. The van der Waals surface area contributed by atoms with Crippen LogP contribution < -0.4 is 10.6 Å². The molecule has 5 heteroatoms.